The van der Waals surface area contributed by atoms with Crippen molar-refractivity contribution in [2.24, 2.45) is 0 Å². The molecule has 0 radical (unpaired) electrons. The van der Waals surface area contributed by atoms with Gasteiger partial charge in [0.15, 0.2) is 0 Å². The third-order valence-electron chi connectivity index (χ3n) is 8.28. The Morgan fingerprint density at radius 1 is 0.860 bits per heavy atom. The van der Waals surface area contributed by atoms with Crippen LogP contribution in [0, 0.1) is 0 Å². The topological polar surface area (TPSA) is 62.8 Å². The summed E-state index contributed by atoms with van der Waals surface area (Å²) in [5.41, 5.74) is 4.67. The number of hydrogen-bond donors (Lipinski definition) is 2. The van der Waals surface area contributed by atoms with Crippen LogP contribution in [-0.2, 0) is 14.1 Å². The zero-order valence-corrected chi connectivity index (χ0v) is 26.6. The van der Waals surface area contributed by atoms with E-state index in [1.165, 1.54) is 0 Å². The fourth-order valence-electron chi connectivity index (χ4n) is 5.20. The second-order valence-corrected chi connectivity index (χ2v) is 12.9. The van der Waals surface area contributed by atoms with Crippen molar-refractivity contribution in [2.45, 2.75) is 51.4 Å². The van der Waals surface area contributed by atoms with E-state index in [2.05, 4.69) is 33.8 Å². The molecule has 0 spiro atoms. The van der Waals surface area contributed by atoms with Crippen LogP contribution in [0.5, 0.6) is 0 Å². The zero-order valence-electron chi connectivity index (χ0n) is 25.1. The second-order valence-electron chi connectivity index (χ2n) is 12.0. The number of anilines is 2. The number of hydrogen-bond acceptors (Lipinski definition) is 5. The van der Waals surface area contributed by atoms with Crippen molar-refractivity contribution in [2.75, 3.05) is 29.9 Å². The van der Waals surface area contributed by atoms with E-state index in [1.54, 1.807) is 0 Å². The molecule has 0 aliphatic carbocycles. The molecule has 0 saturated carbocycles. The first kappa shape index (κ1) is 31.4. The quantitative estimate of drug-likeness (QED) is 0.233. The van der Waals surface area contributed by atoms with Crippen molar-refractivity contribution in [3.05, 3.63) is 99.4 Å². The molecule has 224 valence electrons. The van der Waals surface area contributed by atoms with Gasteiger partial charge in [-0.05, 0) is 80.8 Å². The van der Waals surface area contributed by atoms with Gasteiger partial charge in [-0.3, -0.25) is 4.79 Å². The average Bonchev–Trinajstić information content (AvgIpc) is 3.08. The Morgan fingerprint density at radius 2 is 1.53 bits per heavy atom. The summed E-state index contributed by atoms with van der Waals surface area (Å²) >= 11 is 11.9. The van der Waals surface area contributed by atoms with Gasteiger partial charge < -0.3 is 24.8 Å². The van der Waals surface area contributed by atoms with E-state index in [0.29, 0.717) is 6.42 Å². The number of nitrogens with one attached hydrogen (secondary N) is 2. The van der Waals surface area contributed by atoms with Gasteiger partial charge in [0.05, 0.1) is 28.6 Å². The lowest BCUT2D eigenvalue weighted by molar-refractivity contribution is -0.116. The van der Waals surface area contributed by atoms with Crippen molar-refractivity contribution in [1.29, 1.82) is 0 Å². The Bertz CT molecular complexity index is 1490. The molecule has 3 aromatic rings. The van der Waals surface area contributed by atoms with Crippen LogP contribution in [-0.4, -0.2) is 49.9 Å². The molecule has 43 heavy (non-hydrogen) atoms. The number of carbonyl (C=O) groups excluding carboxylic acids is 1. The Labute approximate surface area is 265 Å². The van der Waals surface area contributed by atoms with E-state index in [0.717, 1.165) is 57.7 Å². The van der Waals surface area contributed by atoms with Crippen molar-refractivity contribution < 1.29 is 14.1 Å². The van der Waals surface area contributed by atoms with Crippen LogP contribution in [0.15, 0.2) is 72.7 Å². The lowest BCUT2D eigenvalue weighted by Gasteiger charge is -2.36. The third kappa shape index (κ3) is 7.91. The highest BCUT2D eigenvalue weighted by Gasteiger charge is 2.50. The summed E-state index contributed by atoms with van der Waals surface area (Å²) in [7, 11) is -0.311. The lowest BCUT2D eigenvalue weighted by Crippen LogP contribution is -2.51. The summed E-state index contributed by atoms with van der Waals surface area (Å²) in [6, 6.07) is 21.8. The third-order valence-corrected chi connectivity index (χ3v) is 8.77. The normalized spacial score (nSPS) is 20.7. The van der Waals surface area contributed by atoms with Gasteiger partial charge in [0, 0.05) is 36.1 Å². The second kappa shape index (κ2) is 13.3. The number of amides is 1. The Kier molecular flexibility index (Phi) is 9.69. The predicted molar refractivity (Wildman–Crippen MR) is 181 cm³/mol. The van der Waals surface area contributed by atoms with Gasteiger partial charge in [0.2, 0.25) is 5.91 Å². The number of rotatable bonds is 4. The maximum atomic E-state index is 12.1. The SMILES string of the molecule is CC1(C)OB(/C=C/c2cccc(Cl)c2)OC1(C)C.O=C1CC2CNCCN2c2cc(/C=C/c3ccc(Cl)cc3)ccc2N1. The van der Waals surface area contributed by atoms with Crippen LogP contribution in [0.4, 0.5) is 11.4 Å². The van der Waals surface area contributed by atoms with Gasteiger partial charge in [0.1, 0.15) is 0 Å². The number of benzene rings is 3. The molecule has 2 saturated heterocycles. The number of piperazine rings is 1. The largest absolute Gasteiger partial charge is 0.487 e. The summed E-state index contributed by atoms with van der Waals surface area (Å²) < 4.78 is 11.7. The van der Waals surface area contributed by atoms with Crippen molar-refractivity contribution in [3.8, 4) is 0 Å². The molecule has 1 amide bonds. The fraction of sp³-hybridized carbons (Fsp3) is 0.324. The first-order chi connectivity index (χ1) is 20.5. The minimum absolute atomic E-state index is 0.0851. The van der Waals surface area contributed by atoms with Crippen LogP contribution in [0.25, 0.3) is 18.2 Å². The van der Waals surface area contributed by atoms with Crippen LogP contribution in [0.1, 0.15) is 50.8 Å². The van der Waals surface area contributed by atoms with Crippen molar-refractivity contribution in [1.82, 2.24) is 5.32 Å². The van der Waals surface area contributed by atoms with Crippen LogP contribution < -0.4 is 15.5 Å². The molecule has 1 atom stereocenters. The summed E-state index contributed by atoms with van der Waals surface area (Å²) in [4.78, 5) is 14.5. The van der Waals surface area contributed by atoms with E-state index in [-0.39, 0.29) is 30.3 Å². The summed E-state index contributed by atoms with van der Waals surface area (Å²) in [6.07, 6.45) is 6.65. The van der Waals surface area contributed by atoms with Gasteiger partial charge in [-0.1, -0.05) is 77.7 Å². The van der Waals surface area contributed by atoms with E-state index in [1.807, 2.05) is 100 Å². The molecule has 3 heterocycles. The van der Waals surface area contributed by atoms with Crippen molar-refractivity contribution in [3.63, 3.8) is 0 Å². The molecule has 1 unspecified atom stereocenters. The number of nitrogens with zero attached hydrogens (tertiary/aromatic N) is 1. The van der Waals surface area contributed by atoms with E-state index >= 15 is 0 Å². The molecule has 3 aliphatic heterocycles. The monoisotopic (exact) mass is 617 g/mol. The number of fused-ring (bicyclic) bond motifs is 3. The maximum Gasteiger partial charge on any atom is 0.487 e. The summed E-state index contributed by atoms with van der Waals surface area (Å²) in [5, 5.41) is 7.89. The van der Waals surface area contributed by atoms with E-state index in [4.69, 9.17) is 32.5 Å². The lowest BCUT2D eigenvalue weighted by atomic mass is 9.89. The Balaban J connectivity index is 0.000000181. The smallest absolute Gasteiger partial charge is 0.400 e. The van der Waals surface area contributed by atoms with Crippen LogP contribution >= 0.6 is 23.2 Å². The molecular weight excluding hydrogens is 580 g/mol. The highest BCUT2D eigenvalue weighted by molar-refractivity contribution is 6.52. The molecule has 0 aromatic heterocycles. The fourth-order valence-corrected chi connectivity index (χ4v) is 5.53. The molecule has 2 N–H and O–H groups in total. The molecule has 3 aromatic carbocycles. The van der Waals surface area contributed by atoms with Gasteiger partial charge in [0.25, 0.3) is 0 Å². The highest BCUT2D eigenvalue weighted by atomic mass is 35.5. The first-order valence-corrected chi connectivity index (χ1v) is 15.4. The molecule has 3 aliphatic rings. The van der Waals surface area contributed by atoms with Crippen LogP contribution in [0.3, 0.4) is 0 Å². The van der Waals surface area contributed by atoms with Gasteiger partial charge in [-0.15, -0.1) is 0 Å². The van der Waals surface area contributed by atoms with Gasteiger partial charge in [-0.25, -0.2) is 0 Å². The maximum absolute atomic E-state index is 12.1. The van der Waals surface area contributed by atoms with Crippen LogP contribution in [0.2, 0.25) is 10.0 Å². The van der Waals surface area contributed by atoms with Gasteiger partial charge >= 0.3 is 7.12 Å². The molecule has 6 nitrogen and oxygen atoms in total. The minimum atomic E-state index is -0.311. The number of halogens is 2. The summed E-state index contributed by atoms with van der Waals surface area (Å²) in [6.45, 7) is 10.9. The standard InChI is InChI=1S/C20H20ClN3O.C14H18BClO2/c21-16-6-3-14(4-7-16)1-2-15-5-8-18-19(11-15)24-10-9-22-13-17(24)12-20(25)23-18;1-13(2)14(3,4)18-15(17-13)9-8-11-6-5-7-12(16)10-11/h1-8,11,17,22H,9-10,12-13H2,(H,23,25);5-10H,1-4H3/b2-1+;9-8+. The Hall–Kier alpha value is -3.07. The highest BCUT2D eigenvalue weighted by Crippen LogP contribution is 2.37. The Morgan fingerprint density at radius 3 is 2.26 bits per heavy atom. The van der Waals surface area contributed by atoms with Gasteiger partial charge in [-0.2, -0.15) is 0 Å². The van der Waals surface area contributed by atoms with E-state index < -0.39 is 0 Å². The predicted octanol–water partition coefficient (Wildman–Crippen LogP) is 7.62. The van der Waals surface area contributed by atoms with E-state index in [9.17, 15) is 4.79 Å². The molecule has 6 rings (SSSR count). The molecule has 2 fully saturated rings. The first-order valence-electron chi connectivity index (χ1n) is 14.6. The minimum Gasteiger partial charge on any atom is -0.400 e. The van der Waals surface area contributed by atoms with Crippen molar-refractivity contribution >= 4 is 65.8 Å². The summed E-state index contributed by atoms with van der Waals surface area (Å²) in [5.74, 6) is 2.00. The number of carbonyl (C=O) groups is 1. The molecule has 9 heteroatoms. The molecular formula is C34H38BCl2N3O3. The zero-order chi connectivity index (χ0) is 30.6. The average molecular weight is 618 g/mol. The molecule has 0 bridgehead atoms.